The molecule has 2 aromatic carbocycles. The number of nitrogens with zero attached hydrogens (tertiary/aromatic N) is 1. The Balaban J connectivity index is 1.51. The summed E-state index contributed by atoms with van der Waals surface area (Å²) < 4.78 is 0. The molecule has 1 aliphatic rings. The van der Waals surface area contributed by atoms with Gasteiger partial charge < -0.3 is 15.5 Å². The summed E-state index contributed by atoms with van der Waals surface area (Å²) in [5, 5.41) is 6.00. The average Bonchev–Trinajstić information content (AvgIpc) is 2.69. The van der Waals surface area contributed by atoms with Crippen molar-refractivity contribution in [3.63, 3.8) is 0 Å². The van der Waals surface area contributed by atoms with Crippen LogP contribution in [0.1, 0.15) is 41.3 Å². The quantitative estimate of drug-likeness (QED) is 0.817. The van der Waals surface area contributed by atoms with Crippen LogP contribution in [0.25, 0.3) is 0 Å². The van der Waals surface area contributed by atoms with Crippen LogP contribution in [0.4, 0.5) is 11.4 Å². The smallest absolute Gasteiger partial charge is 0.253 e. The van der Waals surface area contributed by atoms with Gasteiger partial charge in [0.05, 0.1) is 6.54 Å². The van der Waals surface area contributed by atoms with Gasteiger partial charge in [-0.15, -0.1) is 0 Å². The van der Waals surface area contributed by atoms with Gasteiger partial charge in [0.15, 0.2) is 0 Å². The minimum Gasteiger partial charge on any atom is -0.376 e. The van der Waals surface area contributed by atoms with Gasteiger partial charge >= 0.3 is 0 Å². The van der Waals surface area contributed by atoms with E-state index in [1.807, 2.05) is 30.0 Å². The number of nitrogens with one attached hydrogen (secondary N) is 2. The average molecular weight is 380 g/mol. The van der Waals surface area contributed by atoms with Crippen molar-refractivity contribution in [2.45, 2.75) is 33.6 Å². The molecule has 1 fully saturated rings. The van der Waals surface area contributed by atoms with Crippen LogP contribution >= 0.6 is 0 Å². The van der Waals surface area contributed by atoms with Crippen LogP contribution in [0.5, 0.6) is 0 Å². The van der Waals surface area contributed by atoms with E-state index >= 15 is 0 Å². The fraction of sp³-hybridized carbons (Fsp3) is 0.391. The first kappa shape index (κ1) is 19.9. The highest BCUT2D eigenvalue weighted by Crippen LogP contribution is 2.19. The molecule has 1 heterocycles. The summed E-state index contributed by atoms with van der Waals surface area (Å²) in [5.74, 6) is 0.641. The highest BCUT2D eigenvalue weighted by molar-refractivity contribution is 5.96. The van der Waals surface area contributed by atoms with Crippen LogP contribution in [0.2, 0.25) is 0 Å². The Kier molecular flexibility index (Phi) is 6.34. The molecule has 2 amide bonds. The van der Waals surface area contributed by atoms with Crippen LogP contribution < -0.4 is 10.6 Å². The molecule has 0 saturated carbocycles. The minimum atomic E-state index is -0.123. The molecule has 0 radical (unpaired) electrons. The molecule has 148 valence electrons. The Morgan fingerprint density at radius 2 is 1.61 bits per heavy atom. The fourth-order valence-corrected chi connectivity index (χ4v) is 3.33. The van der Waals surface area contributed by atoms with Crippen molar-refractivity contribution in [1.29, 1.82) is 0 Å². The van der Waals surface area contributed by atoms with Crippen molar-refractivity contribution in [3.8, 4) is 0 Å². The van der Waals surface area contributed by atoms with Crippen molar-refractivity contribution < 1.29 is 9.59 Å². The molecule has 5 heteroatoms. The number of hydrogen-bond acceptors (Lipinski definition) is 3. The predicted octanol–water partition coefficient (Wildman–Crippen LogP) is 4.23. The monoisotopic (exact) mass is 379 g/mol. The number of aryl methyl sites for hydroxylation is 2. The summed E-state index contributed by atoms with van der Waals surface area (Å²) in [6.45, 7) is 8.18. The van der Waals surface area contributed by atoms with E-state index in [9.17, 15) is 9.59 Å². The Morgan fingerprint density at radius 1 is 0.964 bits per heavy atom. The third-order valence-electron chi connectivity index (χ3n) is 5.45. The number of benzene rings is 2. The maximum atomic E-state index is 12.6. The highest BCUT2D eigenvalue weighted by Gasteiger charge is 2.21. The van der Waals surface area contributed by atoms with E-state index in [1.54, 1.807) is 24.3 Å². The second-order valence-electron chi connectivity index (χ2n) is 7.75. The number of rotatable bonds is 5. The Morgan fingerprint density at radius 3 is 2.25 bits per heavy atom. The lowest BCUT2D eigenvalue weighted by molar-refractivity contribution is -0.114. The molecule has 1 aliphatic heterocycles. The molecule has 0 unspecified atom stereocenters. The maximum absolute atomic E-state index is 12.6. The third-order valence-corrected chi connectivity index (χ3v) is 5.45. The van der Waals surface area contributed by atoms with E-state index in [0.717, 1.165) is 31.6 Å². The first-order valence-corrected chi connectivity index (χ1v) is 9.92. The molecule has 2 N–H and O–H groups in total. The lowest BCUT2D eigenvalue weighted by Crippen LogP contribution is -2.37. The zero-order valence-electron chi connectivity index (χ0n) is 16.9. The highest BCUT2D eigenvalue weighted by atomic mass is 16.2. The number of carbonyl (C=O) groups is 2. The Hall–Kier alpha value is -2.82. The molecule has 3 rings (SSSR count). The van der Waals surface area contributed by atoms with Crippen molar-refractivity contribution in [1.82, 2.24) is 4.90 Å². The topological polar surface area (TPSA) is 61.4 Å². The molecule has 0 aliphatic carbocycles. The molecule has 0 aromatic heterocycles. The number of hydrogen-bond donors (Lipinski definition) is 2. The maximum Gasteiger partial charge on any atom is 0.253 e. The van der Waals surface area contributed by atoms with E-state index in [4.69, 9.17) is 0 Å². The van der Waals surface area contributed by atoms with Gasteiger partial charge in [0.25, 0.3) is 5.91 Å². The molecule has 2 aromatic rings. The normalized spacial score (nSPS) is 14.6. The number of anilines is 2. The number of likely N-dealkylation sites (tertiary alicyclic amines) is 1. The van der Waals surface area contributed by atoms with Gasteiger partial charge in [-0.3, -0.25) is 9.59 Å². The van der Waals surface area contributed by atoms with Gasteiger partial charge in [0, 0.05) is 30.0 Å². The van der Waals surface area contributed by atoms with Crippen molar-refractivity contribution in [2.75, 3.05) is 30.3 Å². The molecule has 1 saturated heterocycles. The van der Waals surface area contributed by atoms with E-state index in [0.29, 0.717) is 17.2 Å². The first-order valence-electron chi connectivity index (χ1n) is 9.92. The zero-order chi connectivity index (χ0) is 20.1. The molecular formula is C23H29N3O2. The number of piperidine rings is 1. The number of amides is 2. The summed E-state index contributed by atoms with van der Waals surface area (Å²) in [6, 6.07) is 13.2. The van der Waals surface area contributed by atoms with Gasteiger partial charge in [-0.25, -0.2) is 0 Å². The molecule has 28 heavy (non-hydrogen) atoms. The van der Waals surface area contributed by atoms with Crippen molar-refractivity contribution in [3.05, 3.63) is 59.2 Å². The van der Waals surface area contributed by atoms with Crippen LogP contribution in [-0.4, -0.2) is 36.3 Å². The van der Waals surface area contributed by atoms with Crippen LogP contribution in [0, 0.1) is 19.8 Å². The lowest BCUT2D eigenvalue weighted by Gasteiger charge is -2.30. The second kappa shape index (κ2) is 8.91. The molecule has 5 nitrogen and oxygen atoms in total. The molecule has 0 atom stereocenters. The van der Waals surface area contributed by atoms with Gasteiger partial charge in [-0.1, -0.05) is 13.0 Å². The van der Waals surface area contributed by atoms with E-state index in [1.165, 1.54) is 11.1 Å². The van der Waals surface area contributed by atoms with Crippen LogP contribution in [-0.2, 0) is 4.79 Å². The fourth-order valence-electron chi connectivity index (χ4n) is 3.33. The lowest BCUT2D eigenvalue weighted by atomic mass is 9.98. The Labute approximate surface area is 167 Å². The van der Waals surface area contributed by atoms with Gasteiger partial charge in [-0.05, 0) is 80.1 Å². The molecular weight excluding hydrogens is 350 g/mol. The zero-order valence-corrected chi connectivity index (χ0v) is 16.9. The summed E-state index contributed by atoms with van der Waals surface area (Å²) in [5.41, 5.74) is 4.70. The Bertz CT molecular complexity index is 837. The largest absolute Gasteiger partial charge is 0.376 e. The van der Waals surface area contributed by atoms with Gasteiger partial charge in [0.1, 0.15) is 0 Å². The summed E-state index contributed by atoms with van der Waals surface area (Å²) in [4.78, 5) is 26.7. The second-order valence-corrected chi connectivity index (χ2v) is 7.75. The predicted molar refractivity (Wildman–Crippen MR) is 114 cm³/mol. The van der Waals surface area contributed by atoms with Crippen LogP contribution in [0.3, 0.4) is 0 Å². The van der Waals surface area contributed by atoms with E-state index in [2.05, 4.69) is 24.5 Å². The summed E-state index contributed by atoms with van der Waals surface area (Å²) in [6.07, 6.45) is 2.13. The van der Waals surface area contributed by atoms with Gasteiger partial charge in [0.2, 0.25) is 5.91 Å². The van der Waals surface area contributed by atoms with Crippen molar-refractivity contribution >= 4 is 23.2 Å². The third kappa shape index (κ3) is 5.12. The minimum absolute atomic E-state index is 0.0705. The van der Waals surface area contributed by atoms with Crippen molar-refractivity contribution in [2.24, 2.45) is 5.92 Å². The molecule has 0 bridgehead atoms. The van der Waals surface area contributed by atoms with E-state index < -0.39 is 0 Å². The molecule has 0 spiro atoms. The SMILES string of the molecule is Cc1ccc(NCC(=O)Nc2ccc(C(=O)N3CCC(C)CC3)cc2)cc1C. The van der Waals surface area contributed by atoms with Crippen LogP contribution in [0.15, 0.2) is 42.5 Å². The summed E-state index contributed by atoms with van der Waals surface area (Å²) >= 11 is 0. The first-order chi connectivity index (χ1) is 13.4. The summed E-state index contributed by atoms with van der Waals surface area (Å²) in [7, 11) is 0. The standard InChI is InChI=1S/C23H29N3O2/c1-16-10-12-26(13-11-16)23(28)19-5-8-20(9-6-19)25-22(27)15-24-21-7-4-17(2)18(3)14-21/h4-9,14,16,24H,10-13,15H2,1-3H3,(H,25,27). The number of carbonyl (C=O) groups excluding carboxylic acids is 2. The van der Waals surface area contributed by atoms with Gasteiger partial charge in [-0.2, -0.15) is 0 Å². The van der Waals surface area contributed by atoms with E-state index in [-0.39, 0.29) is 18.4 Å².